The Kier molecular flexibility index (Phi) is 11.1. The summed E-state index contributed by atoms with van der Waals surface area (Å²) in [6, 6.07) is 25.8. The number of benzene rings is 4. The van der Waals surface area contributed by atoms with E-state index in [4.69, 9.17) is 32.7 Å². The van der Waals surface area contributed by atoms with Gasteiger partial charge in [-0.05, 0) is 54.6 Å². The minimum absolute atomic E-state index is 0.0174. The number of nitrogens with one attached hydrogen (secondary N) is 3. The van der Waals surface area contributed by atoms with Crippen LogP contribution >= 0.6 is 35.0 Å². The summed E-state index contributed by atoms with van der Waals surface area (Å²) in [5, 5.41) is 8.89. The molecule has 0 fully saturated rings. The minimum Gasteiger partial charge on any atom is -0.493 e. The van der Waals surface area contributed by atoms with Crippen molar-refractivity contribution in [3.63, 3.8) is 0 Å². The van der Waals surface area contributed by atoms with Gasteiger partial charge in [-0.25, -0.2) is 0 Å². The summed E-state index contributed by atoms with van der Waals surface area (Å²) in [7, 11) is 3.00. The predicted octanol–water partition coefficient (Wildman–Crippen LogP) is 7.15. The van der Waals surface area contributed by atoms with Gasteiger partial charge in [0, 0.05) is 21.7 Å². The maximum atomic E-state index is 13.5. The fourth-order valence-electron chi connectivity index (χ4n) is 3.92. The third-order valence-electron chi connectivity index (χ3n) is 5.95. The van der Waals surface area contributed by atoms with Crippen molar-refractivity contribution in [1.82, 2.24) is 5.32 Å². The molecule has 3 amide bonds. The first-order chi connectivity index (χ1) is 20.8. The van der Waals surface area contributed by atoms with Crippen molar-refractivity contribution in [2.24, 2.45) is 0 Å². The lowest BCUT2D eigenvalue weighted by Gasteiger charge is -2.14. The lowest BCUT2D eigenvalue weighted by molar-refractivity contribution is -0.114. The Labute approximate surface area is 263 Å². The van der Waals surface area contributed by atoms with Gasteiger partial charge in [-0.1, -0.05) is 65.7 Å². The van der Waals surface area contributed by atoms with Crippen molar-refractivity contribution in [1.29, 1.82) is 0 Å². The number of halogens is 2. The summed E-state index contributed by atoms with van der Waals surface area (Å²) >= 11 is 13.5. The average Bonchev–Trinajstić information content (AvgIpc) is 3.02. The Morgan fingerprint density at radius 2 is 1.58 bits per heavy atom. The van der Waals surface area contributed by atoms with Crippen LogP contribution in [0.15, 0.2) is 102 Å². The number of ether oxygens (including phenoxy) is 2. The van der Waals surface area contributed by atoms with E-state index < -0.39 is 11.8 Å². The summed E-state index contributed by atoms with van der Waals surface area (Å²) in [6.45, 7) is 0. The van der Waals surface area contributed by atoms with Gasteiger partial charge in [0.25, 0.3) is 11.8 Å². The molecule has 3 N–H and O–H groups in total. The molecule has 4 rings (SSSR count). The first kappa shape index (κ1) is 31.5. The highest BCUT2D eigenvalue weighted by Crippen LogP contribution is 2.33. The molecule has 0 heterocycles. The number of thioether (sulfide) groups is 1. The number of amides is 3. The SMILES string of the molecule is COc1cccc(/C=C(/NC(=O)c2ccccc2)C(=O)Nc2cccc(SCC(=O)Nc3cccc(Cl)c3Cl)c2)c1OC. The van der Waals surface area contributed by atoms with E-state index >= 15 is 0 Å². The Bertz CT molecular complexity index is 1660. The smallest absolute Gasteiger partial charge is 0.272 e. The number of carbonyl (C=O) groups excluding carboxylic acids is 3. The van der Waals surface area contributed by atoms with E-state index in [1.54, 1.807) is 84.9 Å². The van der Waals surface area contributed by atoms with Crippen molar-refractivity contribution in [3.8, 4) is 11.5 Å². The van der Waals surface area contributed by atoms with Gasteiger partial charge in [-0.15, -0.1) is 11.8 Å². The minimum atomic E-state index is -0.565. The zero-order valence-electron chi connectivity index (χ0n) is 23.2. The third kappa shape index (κ3) is 8.54. The third-order valence-corrected chi connectivity index (χ3v) is 7.76. The van der Waals surface area contributed by atoms with Crippen molar-refractivity contribution < 1.29 is 23.9 Å². The number of hydrogen-bond acceptors (Lipinski definition) is 6. The summed E-state index contributed by atoms with van der Waals surface area (Å²) in [6.07, 6.45) is 1.52. The lowest BCUT2D eigenvalue weighted by Crippen LogP contribution is -2.30. The van der Waals surface area contributed by atoms with Crippen molar-refractivity contribution in [2.45, 2.75) is 4.90 Å². The van der Waals surface area contributed by atoms with Gasteiger partial charge >= 0.3 is 0 Å². The second-order valence-electron chi connectivity index (χ2n) is 8.88. The second kappa shape index (κ2) is 15.2. The molecule has 8 nitrogen and oxygen atoms in total. The number of rotatable bonds is 11. The Balaban J connectivity index is 1.52. The van der Waals surface area contributed by atoms with Crippen LogP contribution in [0.25, 0.3) is 6.08 Å². The molecule has 0 aromatic heterocycles. The van der Waals surface area contributed by atoms with E-state index in [1.165, 1.54) is 32.1 Å². The van der Waals surface area contributed by atoms with Crippen LogP contribution in [0.5, 0.6) is 11.5 Å². The monoisotopic (exact) mass is 635 g/mol. The van der Waals surface area contributed by atoms with Crippen molar-refractivity contribution >= 4 is 70.1 Å². The normalized spacial score (nSPS) is 10.9. The first-order valence-corrected chi connectivity index (χ1v) is 14.6. The Morgan fingerprint density at radius 1 is 0.837 bits per heavy atom. The van der Waals surface area contributed by atoms with Crippen LogP contribution in [0.2, 0.25) is 10.0 Å². The second-order valence-corrected chi connectivity index (χ2v) is 10.7. The standard InChI is InChI=1S/C32H27Cl2N3O5S/c1-41-27-16-6-11-21(30(27)42-2)17-26(37-31(39)20-9-4-3-5-10-20)32(40)35-22-12-7-13-23(18-22)43-19-28(38)36-25-15-8-14-24(33)29(25)34/h3-18H,19H2,1-2H3,(H,35,40)(H,36,38)(H,37,39)/b26-17+. The Hall–Kier alpha value is -4.44. The molecular formula is C32H27Cl2N3O5S. The lowest BCUT2D eigenvalue weighted by atomic mass is 10.1. The van der Waals surface area contributed by atoms with E-state index in [0.29, 0.717) is 39.0 Å². The molecule has 0 atom stereocenters. The van der Waals surface area contributed by atoms with Gasteiger partial charge in [0.05, 0.1) is 35.7 Å². The maximum Gasteiger partial charge on any atom is 0.272 e. The van der Waals surface area contributed by atoms with Crippen LogP contribution in [-0.4, -0.2) is 37.7 Å². The summed E-state index contributed by atoms with van der Waals surface area (Å²) in [5.74, 6) is -0.334. The summed E-state index contributed by atoms with van der Waals surface area (Å²) in [5.41, 5.74) is 1.78. The van der Waals surface area contributed by atoms with Gasteiger partial charge < -0.3 is 25.4 Å². The number of anilines is 2. The predicted molar refractivity (Wildman–Crippen MR) is 172 cm³/mol. The molecule has 0 aliphatic heterocycles. The van der Waals surface area contributed by atoms with Gasteiger partial charge in [0.1, 0.15) is 5.70 Å². The molecule has 43 heavy (non-hydrogen) atoms. The highest BCUT2D eigenvalue weighted by molar-refractivity contribution is 8.00. The van der Waals surface area contributed by atoms with E-state index in [9.17, 15) is 14.4 Å². The number of hydrogen-bond donors (Lipinski definition) is 3. The topological polar surface area (TPSA) is 106 Å². The zero-order chi connectivity index (χ0) is 30.8. The van der Waals surface area contributed by atoms with Gasteiger partial charge in [-0.3, -0.25) is 14.4 Å². The molecule has 0 aliphatic carbocycles. The van der Waals surface area contributed by atoms with Gasteiger partial charge in [0.15, 0.2) is 11.5 Å². The zero-order valence-corrected chi connectivity index (χ0v) is 25.5. The van der Waals surface area contributed by atoms with Gasteiger partial charge in [0.2, 0.25) is 5.91 Å². The van der Waals surface area contributed by atoms with Gasteiger partial charge in [-0.2, -0.15) is 0 Å². The molecule has 0 saturated heterocycles. The molecule has 220 valence electrons. The highest BCUT2D eigenvalue weighted by atomic mass is 35.5. The average molecular weight is 637 g/mol. The molecule has 0 saturated carbocycles. The van der Waals surface area contributed by atoms with Crippen LogP contribution in [0, 0.1) is 0 Å². The largest absolute Gasteiger partial charge is 0.493 e. The van der Waals surface area contributed by atoms with Crippen LogP contribution < -0.4 is 25.4 Å². The quantitative estimate of drug-likeness (QED) is 0.119. The molecule has 0 radical (unpaired) electrons. The first-order valence-electron chi connectivity index (χ1n) is 12.9. The molecule has 0 unspecified atom stereocenters. The molecule has 0 bridgehead atoms. The van der Waals surface area contributed by atoms with E-state index in [-0.39, 0.29) is 22.4 Å². The summed E-state index contributed by atoms with van der Waals surface area (Å²) < 4.78 is 10.9. The summed E-state index contributed by atoms with van der Waals surface area (Å²) in [4.78, 5) is 39.8. The molecule has 4 aromatic carbocycles. The van der Waals surface area contributed by atoms with E-state index in [1.807, 2.05) is 6.07 Å². The molecule has 4 aromatic rings. The van der Waals surface area contributed by atoms with E-state index in [2.05, 4.69) is 16.0 Å². The molecule has 0 aliphatic rings. The Morgan fingerprint density at radius 3 is 2.33 bits per heavy atom. The molecular weight excluding hydrogens is 609 g/mol. The van der Waals surface area contributed by atoms with Crippen LogP contribution in [0.4, 0.5) is 11.4 Å². The maximum absolute atomic E-state index is 13.5. The van der Waals surface area contributed by atoms with Crippen LogP contribution in [0.1, 0.15) is 15.9 Å². The fourth-order valence-corrected chi connectivity index (χ4v) is 5.02. The van der Waals surface area contributed by atoms with Crippen molar-refractivity contribution in [2.75, 3.05) is 30.6 Å². The highest BCUT2D eigenvalue weighted by Gasteiger charge is 2.18. The van der Waals surface area contributed by atoms with Crippen LogP contribution in [0.3, 0.4) is 0 Å². The molecule has 11 heteroatoms. The van der Waals surface area contributed by atoms with Crippen LogP contribution in [-0.2, 0) is 9.59 Å². The van der Waals surface area contributed by atoms with Crippen molar-refractivity contribution in [3.05, 3.63) is 118 Å². The fraction of sp³-hybridized carbons (Fsp3) is 0.0938. The number of methoxy groups -OCH3 is 2. The molecule has 0 spiro atoms. The van der Waals surface area contributed by atoms with E-state index in [0.717, 1.165) is 4.90 Å². The number of para-hydroxylation sites is 1. The number of carbonyl (C=O) groups is 3.